The molecule has 13 heavy (non-hydrogen) atoms. The molecule has 0 amide bonds. The van der Waals surface area contributed by atoms with E-state index in [0.717, 1.165) is 0 Å². The van der Waals surface area contributed by atoms with Crippen LogP contribution in [0.4, 0.5) is 11.7 Å². The van der Waals surface area contributed by atoms with Crippen LogP contribution in [0.25, 0.3) is 0 Å². The second kappa shape index (κ2) is 4.52. The van der Waals surface area contributed by atoms with Crippen molar-refractivity contribution in [2.75, 3.05) is 20.3 Å². The highest BCUT2D eigenvalue weighted by Crippen LogP contribution is 2.59. The van der Waals surface area contributed by atoms with Gasteiger partial charge in [0.05, 0.1) is 0 Å². The highest BCUT2D eigenvalue weighted by molar-refractivity contribution is 8.18. The summed E-state index contributed by atoms with van der Waals surface area (Å²) >= 11 is -5.00. The Hall–Kier alpha value is 0.0600. The summed E-state index contributed by atoms with van der Waals surface area (Å²) in [5.41, 5.74) is 0. The van der Waals surface area contributed by atoms with Gasteiger partial charge in [0.2, 0.25) is 0 Å². The van der Waals surface area contributed by atoms with E-state index in [1.54, 1.807) is 0 Å². The molecule has 80 valence electrons. The van der Waals surface area contributed by atoms with Gasteiger partial charge in [0.15, 0.2) is 0 Å². The summed E-state index contributed by atoms with van der Waals surface area (Å²) in [7, 11) is 1.51. The fourth-order valence-electron chi connectivity index (χ4n) is 1.62. The summed E-state index contributed by atoms with van der Waals surface area (Å²) < 4.78 is 42.7. The van der Waals surface area contributed by atoms with Crippen LogP contribution in [0.15, 0.2) is 0 Å². The molecule has 1 aliphatic rings. The molecule has 0 spiro atoms. The number of hydrogen-bond acceptors (Lipinski definition) is 2. The number of ether oxygens (including phenoxy) is 1. The highest BCUT2D eigenvalue weighted by atomic mass is 32.3. The monoisotopic (exact) mass is 217 g/mol. The molecule has 1 aliphatic heterocycles. The molecule has 0 N–H and O–H groups in total. The molecule has 1 fully saturated rings. The van der Waals surface area contributed by atoms with E-state index < -0.39 is 11.4 Å². The lowest BCUT2D eigenvalue weighted by Gasteiger charge is -2.28. The van der Waals surface area contributed by atoms with Crippen molar-refractivity contribution in [1.82, 2.24) is 4.31 Å². The molecule has 1 rings (SSSR count). The van der Waals surface area contributed by atoms with Gasteiger partial charge in [-0.15, -0.1) is 11.7 Å². The number of rotatable bonds is 4. The first-order valence-corrected chi connectivity index (χ1v) is 5.52. The third kappa shape index (κ3) is 3.03. The van der Waals surface area contributed by atoms with Gasteiger partial charge >= 0.3 is 0 Å². The van der Waals surface area contributed by atoms with E-state index in [2.05, 4.69) is 0 Å². The molecule has 0 unspecified atom stereocenters. The Morgan fingerprint density at radius 2 is 2.15 bits per heavy atom. The number of nitrogens with zero attached hydrogens (tertiary/aromatic N) is 1. The van der Waals surface area contributed by atoms with Gasteiger partial charge in [0, 0.05) is 26.3 Å². The normalized spacial score (nSPS) is 26.6. The van der Waals surface area contributed by atoms with Crippen LogP contribution >= 0.6 is 11.4 Å². The Bertz CT molecular complexity index is 164. The first-order valence-electron chi connectivity index (χ1n) is 4.23. The van der Waals surface area contributed by atoms with Crippen molar-refractivity contribution in [3.05, 3.63) is 0 Å². The maximum Gasteiger partial charge on any atom is 0.278 e. The Morgan fingerprint density at radius 3 is 2.69 bits per heavy atom. The molecule has 0 aromatic rings. The van der Waals surface area contributed by atoms with Crippen molar-refractivity contribution < 1.29 is 16.4 Å². The Balaban J connectivity index is 2.44. The smallest absolute Gasteiger partial charge is 0.278 e. The largest absolute Gasteiger partial charge is 0.385 e. The molecule has 1 saturated heterocycles. The Morgan fingerprint density at radius 1 is 1.46 bits per heavy atom. The summed E-state index contributed by atoms with van der Waals surface area (Å²) in [6.07, 6.45) is 1.79. The number of methoxy groups -OCH3 is 1. The van der Waals surface area contributed by atoms with Crippen molar-refractivity contribution in [2.45, 2.75) is 25.3 Å². The maximum atomic E-state index is 12.4. The topological polar surface area (TPSA) is 12.5 Å². The number of hydrogen-bond donors (Lipinski definition) is 0. The Kier molecular flexibility index (Phi) is 3.87. The van der Waals surface area contributed by atoms with Crippen molar-refractivity contribution in [3.8, 4) is 0 Å². The minimum atomic E-state index is -5.00. The molecule has 0 aliphatic carbocycles. The standard InChI is InChI=1S/C7H14F3NOS/c1-12-6-4-7-3-2-5-11(7)13(8,9)10/h7H,2-6H2,1H3/t7-/m0/s1. The molecular formula is C7H14F3NOS. The van der Waals surface area contributed by atoms with E-state index in [-0.39, 0.29) is 12.6 Å². The molecule has 1 atom stereocenters. The van der Waals surface area contributed by atoms with Gasteiger partial charge in [0.1, 0.15) is 0 Å². The maximum absolute atomic E-state index is 12.4. The summed E-state index contributed by atoms with van der Waals surface area (Å²) in [6, 6.07) is -0.338. The second-order valence-electron chi connectivity index (χ2n) is 3.10. The molecule has 0 aromatic heterocycles. The Labute approximate surface area is 78.4 Å². The first-order chi connectivity index (χ1) is 6.05. The van der Waals surface area contributed by atoms with Crippen molar-refractivity contribution >= 4 is 11.4 Å². The van der Waals surface area contributed by atoms with E-state index in [1.165, 1.54) is 7.11 Å². The fraction of sp³-hybridized carbons (Fsp3) is 1.00. The molecule has 6 heteroatoms. The summed E-state index contributed by atoms with van der Waals surface area (Å²) in [6.45, 7) is 0.587. The van der Waals surface area contributed by atoms with Gasteiger partial charge < -0.3 is 4.74 Å². The first kappa shape index (κ1) is 11.1. The molecule has 0 radical (unpaired) electrons. The molecular weight excluding hydrogens is 203 g/mol. The van der Waals surface area contributed by atoms with E-state index in [9.17, 15) is 11.7 Å². The van der Waals surface area contributed by atoms with Gasteiger partial charge in [0.25, 0.3) is 11.4 Å². The average molecular weight is 217 g/mol. The minimum absolute atomic E-state index is 0.174. The van der Waals surface area contributed by atoms with Crippen LogP contribution < -0.4 is 0 Å². The van der Waals surface area contributed by atoms with Crippen LogP contribution in [0.5, 0.6) is 0 Å². The quantitative estimate of drug-likeness (QED) is 0.718. The van der Waals surface area contributed by atoms with Crippen LogP contribution in [0.3, 0.4) is 0 Å². The van der Waals surface area contributed by atoms with Gasteiger partial charge in [-0.2, -0.15) is 4.31 Å². The lowest BCUT2D eigenvalue weighted by Crippen LogP contribution is -2.28. The van der Waals surface area contributed by atoms with Crippen LogP contribution in [0.2, 0.25) is 0 Å². The van der Waals surface area contributed by atoms with Crippen molar-refractivity contribution in [3.63, 3.8) is 0 Å². The van der Waals surface area contributed by atoms with E-state index in [0.29, 0.717) is 30.2 Å². The van der Waals surface area contributed by atoms with Gasteiger partial charge in [-0.05, 0) is 19.3 Å². The molecule has 1 heterocycles. The lowest BCUT2D eigenvalue weighted by atomic mass is 10.2. The van der Waals surface area contributed by atoms with Gasteiger partial charge in [-0.3, -0.25) is 0 Å². The van der Waals surface area contributed by atoms with Crippen molar-refractivity contribution in [1.29, 1.82) is 0 Å². The zero-order valence-electron chi connectivity index (χ0n) is 7.51. The third-order valence-electron chi connectivity index (χ3n) is 2.24. The van der Waals surface area contributed by atoms with Crippen LogP contribution in [-0.4, -0.2) is 30.6 Å². The molecule has 0 aromatic carbocycles. The summed E-state index contributed by atoms with van der Waals surface area (Å²) in [5.74, 6) is 0. The van der Waals surface area contributed by atoms with Crippen LogP contribution in [0, 0.1) is 0 Å². The highest BCUT2D eigenvalue weighted by Gasteiger charge is 2.39. The van der Waals surface area contributed by atoms with Gasteiger partial charge in [-0.25, -0.2) is 0 Å². The predicted molar refractivity (Wildman–Crippen MR) is 47.1 cm³/mol. The summed E-state index contributed by atoms with van der Waals surface area (Å²) in [4.78, 5) is 0. The van der Waals surface area contributed by atoms with E-state index in [4.69, 9.17) is 4.74 Å². The van der Waals surface area contributed by atoms with Crippen LogP contribution in [-0.2, 0) is 4.74 Å². The average Bonchev–Trinajstić information content (AvgIpc) is 2.47. The molecule has 0 saturated carbocycles. The predicted octanol–water partition coefficient (Wildman–Crippen LogP) is 2.86. The molecule has 0 bridgehead atoms. The zero-order chi connectivity index (χ0) is 9.90. The van der Waals surface area contributed by atoms with Crippen molar-refractivity contribution in [2.24, 2.45) is 0 Å². The number of halogens is 3. The SMILES string of the molecule is COCC[C@@H]1CCCN1S(F)(F)F. The van der Waals surface area contributed by atoms with Gasteiger partial charge in [-0.1, -0.05) is 0 Å². The van der Waals surface area contributed by atoms with E-state index in [1.807, 2.05) is 0 Å². The fourth-order valence-corrected chi connectivity index (χ4v) is 2.51. The lowest BCUT2D eigenvalue weighted by molar-refractivity contribution is 0.173. The summed E-state index contributed by atoms with van der Waals surface area (Å²) in [5, 5.41) is 0. The third-order valence-corrected chi connectivity index (χ3v) is 3.26. The second-order valence-corrected chi connectivity index (χ2v) is 4.33. The minimum Gasteiger partial charge on any atom is -0.385 e. The van der Waals surface area contributed by atoms with Crippen LogP contribution in [0.1, 0.15) is 19.3 Å². The molecule has 2 nitrogen and oxygen atoms in total. The zero-order valence-corrected chi connectivity index (χ0v) is 8.33. The van der Waals surface area contributed by atoms with E-state index >= 15 is 0 Å².